The standard InChI is InChI=1S/C10H8ClN3O2/c11-5-1-6(7-3-13-14-10(7)12)9-8(2-5)15-4-16-9/h1-3H,4H2,(H3,12,13,14). The van der Waals surface area contributed by atoms with Gasteiger partial charge in [0.1, 0.15) is 5.82 Å². The van der Waals surface area contributed by atoms with Crippen LogP contribution in [0, 0.1) is 0 Å². The fourth-order valence-corrected chi connectivity index (χ4v) is 1.90. The quantitative estimate of drug-likeness (QED) is 0.796. The van der Waals surface area contributed by atoms with Gasteiger partial charge in [0.2, 0.25) is 6.79 Å². The molecule has 0 fully saturated rings. The molecule has 3 rings (SSSR count). The fourth-order valence-electron chi connectivity index (χ4n) is 1.69. The van der Waals surface area contributed by atoms with Gasteiger partial charge in [0.15, 0.2) is 11.5 Å². The average Bonchev–Trinajstić information content (AvgIpc) is 2.84. The number of nitrogens with two attached hydrogens (primary N) is 1. The molecule has 0 saturated heterocycles. The number of benzene rings is 1. The molecule has 16 heavy (non-hydrogen) atoms. The minimum Gasteiger partial charge on any atom is -0.454 e. The van der Waals surface area contributed by atoms with Crippen molar-refractivity contribution in [2.45, 2.75) is 0 Å². The van der Waals surface area contributed by atoms with Gasteiger partial charge in [-0.3, -0.25) is 5.10 Å². The van der Waals surface area contributed by atoms with Crippen LogP contribution in [0.3, 0.4) is 0 Å². The maximum atomic E-state index is 5.99. The lowest BCUT2D eigenvalue weighted by atomic mass is 10.1. The summed E-state index contributed by atoms with van der Waals surface area (Å²) < 4.78 is 10.7. The summed E-state index contributed by atoms with van der Waals surface area (Å²) >= 11 is 5.99. The summed E-state index contributed by atoms with van der Waals surface area (Å²) in [7, 11) is 0. The second-order valence-electron chi connectivity index (χ2n) is 3.38. The number of ether oxygens (including phenoxy) is 2. The Kier molecular flexibility index (Phi) is 1.94. The minimum atomic E-state index is 0.195. The van der Waals surface area contributed by atoms with E-state index in [4.69, 9.17) is 26.8 Å². The van der Waals surface area contributed by atoms with E-state index >= 15 is 0 Å². The van der Waals surface area contributed by atoms with E-state index in [1.165, 1.54) is 0 Å². The first kappa shape index (κ1) is 9.35. The molecule has 82 valence electrons. The number of anilines is 1. The first-order valence-corrected chi connectivity index (χ1v) is 5.02. The van der Waals surface area contributed by atoms with Gasteiger partial charge in [-0.2, -0.15) is 5.10 Å². The molecule has 6 heteroatoms. The van der Waals surface area contributed by atoms with E-state index in [0.29, 0.717) is 22.3 Å². The monoisotopic (exact) mass is 237 g/mol. The van der Waals surface area contributed by atoms with E-state index < -0.39 is 0 Å². The highest BCUT2D eigenvalue weighted by atomic mass is 35.5. The summed E-state index contributed by atoms with van der Waals surface area (Å²) in [4.78, 5) is 0. The third-order valence-electron chi connectivity index (χ3n) is 2.40. The van der Waals surface area contributed by atoms with Crippen LogP contribution in [-0.4, -0.2) is 17.0 Å². The number of rotatable bonds is 1. The summed E-state index contributed by atoms with van der Waals surface area (Å²) in [5.74, 6) is 1.75. The van der Waals surface area contributed by atoms with Gasteiger partial charge >= 0.3 is 0 Å². The van der Waals surface area contributed by atoms with E-state index in [1.807, 2.05) is 0 Å². The normalized spacial score (nSPS) is 13.1. The van der Waals surface area contributed by atoms with Crippen LogP contribution in [0.15, 0.2) is 18.3 Å². The van der Waals surface area contributed by atoms with Gasteiger partial charge in [-0.05, 0) is 6.07 Å². The predicted molar refractivity (Wildman–Crippen MR) is 59.6 cm³/mol. The van der Waals surface area contributed by atoms with Crippen LogP contribution in [0.4, 0.5) is 5.82 Å². The molecule has 1 aromatic heterocycles. The third-order valence-corrected chi connectivity index (χ3v) is 2.61. The lowest BCUT2D eigenvalue weighted by Gasteiger charge is -2.05. The number of aromatic nitrogens is 2. The number of hydrogen-bond donors (Lipinski definition) is 2. The van der Waals surface area contributed by atoms with E-state index in [1.54, 1.807) is 18.3 Å². The Morgan fingerprint density at radius 3 is 2.94 bits per heavy atom. The Labute approximate surface area is 96.1 Å². The summed E-state index contributed by atoms with van der Waals surface area (Å²) in [5, 5.41) is 7.10. The molecule has 0 radical (unpaired) electrons. The van der Waals surface area contributed by atoms with Crippen molar-refractivity contribution in [2.75, 3.05) is 12.5 Å². The molecule has 1 aromatic carbocycles. The second kappa shape index (κ2) is 3.31. The number of nitrogens with one attached hydrogen (secondary N) is 1. The topological polar surface area (TPSA) is 73.2 Å². The zero-order valence-corrected chi connectivity index (χ0v) is 8.91. The Hall–Kier alpha value is -1.88. The number of nitrogen functional groups attached to an aromatic ring is 1. The molecule has 0 atom stereocenters. The molecule has 1 aliphatic rings. The van der Waals surface area contributed by atoms with Crippen LogP contribution < -0.4 is 15.2 Å². The van der Waals surface area contributed by atoms with Crippen LogP contribution in [0.1, 0.15) is 0 Å². The van der Waals surface area contributed by atoms with Crippen molar-refractivity contribution in [3.05, 3.63) is 23.4 Å². The average molecular weight is 238 g/mol. The molecular weight excluding hydrogens is 230 g/mol. The summed E-state index contributed by atoms with van der Waals surface area (Å²) in [6.45, 7) is 0.195. The number of aromatic amines is 1. The molecule has 2 heterocycles. The fraction of sp³-hybridized carbons (Fsp3) is 0.100. The lowest BCUT2D eigenvalue weighted by molar-refractivity contribution is 0.174. The maximum Gasteiger partial charge on any atom is 0.231 e. The van der Waals surface area contributed by atoms with Gasteiger partial charge in [-0.15, -0.1) is 0 Å². The van der Waals surface area contributed by atoms with Crippen molar-refractivity contribution in [1.29, 1.82) is 0 Å². The van der Waals surface area contributed by atoms with Crippen LogP contribution in [-0.2, 0) is 0 Å². The molecule has 0 aliphatic carbocycles. The van der Waals surface area contributed by atoms with E-state index in [-0.39, 0.29) is 6.79 Å². The molecule has 2 aromatic rings. The summed E-state index contributed by atoms with van der Waals surface area (Å²) in [6.07, 6.45) is 1.63. The molecule has 5 nitrogen and oxygen atoms in total. The van der Waals surface area contributed by atoms with Gasteiger partial charge in [0, 0.05) is 22.2 Å². The highest BCUT2D eigenvalue weighted by molar-refractivity contribution is 6.31. The molecular formula is C10H8ClN3O2. The Bertz CT molecular complexity index is 553. The molecule has 0 unspecified atom stereocenters. The first-order chi connectivity index (χ1) is 7.75. The highest BCUT2D eigenvalue weighted by Crippen LogP contribution is 2.44. The van der Waals surface area contributed by atoms with Crippen molar-refractivity contribution >= 4 is 17.4 Å². The molecule has 0 bridgehead atoms. The smallest absolute Gasteiger partial charge is 0.231 e. The van der Waals surface area contributed by atoms with Crippen molar-refractivity contribution in [3.63, 3.8) is 0 Å². The van der Waals surface area contributed by atoms with Crippen molar-refractivity contribution in [1.82, 2.24) is 10.2 Å². The molecule has 0 amide bonds. The van der Waals surface area contributed by atoms with Crippen LogP contribution in [0.2, 0.25) is 5.02 Å². The second-order valence-corrected chi connectivity index (χ2v) is 3.82. The molecule has 3 N–H and O–H groups in total. The maximum absolute atomic E-state index is 5.99. The SMILES string of the molecule is Nc1[nH]ncc1-c1cc(Cl)cc2c1OCO2. The number of halogens is 1. The van der Waals surface area contributed by atoms with Crippen molar-refractivity contribution in [3.8, 4) is 22.6 Å². The van der Waals surface area contributed by atoms with Gasteiger partial charge in [-0.1, -0.05) is 11.6 Å². The molecule has 0 spiro atoms. The highest BCUT2D eigenvalue weighted by Gasteiger charge is 2.21. The van der Waals surface area contributed by atoms with Gasteiger partial charge < -0.3 is 15.2 Å². The largest absolute Gasteiger partial charge is 0.454 e. The Morgan fingerprint density at radius 1 is 1.31 bits per heavy atom. The Morgan fingerprint density at radius 2 is 2.19 bits per heavy atom. The van der Waals surface area contributed by atoms with Crippen molar-refractivity contribution in [2.24, 2.45) is 0 Å². The zero-order chi connectivity index (χ0) is 11.1. The number of nitrogens with zero attached hydrogens (tertiary/aromatic N) is 1. The Balaban J connectivity index is 2.25. The lowest BCUT2D eigenvalue weighted by Crippen LogP contribution is -1.94. The zero-order valence-electron chi connectivity index (χ0n) is 8.16. The number of hydrogen-bond acceptors (Lipinski definition) is 4. The minimum absolute atomic E-state index is 0.195. The van der Waals surface area contributed by atoms with E-state index in [2.05, 4.69) is 10.2 Å². The molecule has 1 aliphatic heterocycles. The van der Waals surface area contributed by atoms with Crippen LogP contribution in [0.25, 0.3) is 11.1 Å². The van der Waals surface area contributed by atoms with Crippen molar-refractivity contribution < 1.29 is 9.47 Å². The number of H-pyrrole nitrogens is 1. The van der Waals surface area contributed by atoms with Gasteiger partial charge in [-0.25, -0.2) is 0 Å². The molecule has 0 saturated carbocycles. The predicted octanol–water partition coefficient (Wildman–Crippen LogP) is 2.04. The van der Waals surface area contributed by atoms with Gasteiger partial charge in [0.25, 0.3) is 0 Å². The van der Waals surface area contributed by atoms with Gasteiger partial charge in [0.05, 0.1) is 6.20 Å². The van der Waals surface area contributed by atoms with Crippen LogP contribution in [0.5, 0.6) is 11.5 Å². The van der Waals surface area contributed by atoms with E-state index in [0.717, 1.165) is 11.1 Å². The summed E-state index contributed by atoms with van der Waals surface area (Å²) in [5.41, 5.74) is 7.30. The first-order valence-electron chi connectivity index (χ1n) is 4.64. The number of fused-ring (bicyclic) bond motifs is 1. The van der Waals surface area contributed by atoms with E-state index in [9.17, 15) is 0 Å². The van der Waals surface area contributed by atoms with Crippen LogP contribution >= 0.6 is 11.6 Å². The third kappa shape index (κ3) is 1.29. The summed E-state index contributed by atoms with van der Waals surface area (Å²) in [6, 6.07) is 3.49.